The molecular formula is C24H24ClF3N2O3S. The quantitative estimate of drug-likeness (QED) is 0.459. The van der Waals surface area contributed by atoms with E-state index >= 15 is 0 Å². The molecule has 5 nitrogen and oxygen atoms in total. The molecule has 3 aromatic rings. The molecule has 0 bridgehead atoms. The Kier molecular flexibility index (Phi) is 6.56. The van der Waals surface area contributed by atoms with Gasteiger partial charge >= 0.3 is 6.18 Å². The van der Waals surface area contributed by atoms with Gasteiger partial charge in [-0.15, -0.1) is 0 Å². The Hall–Kier alpha value is -2.36. The van der Waals surface area contributed by atoms with Crippen molar-refractivity contribution in [2.75, 3.05) is 0 Å². The minimum Gasteiger partial charge on any atom is -0.321 e. The number of aromatic amines is 1. The number of aryl methyl sites for hydroxylation is 2. The van der Waals surface area contributed by atoms with E-state index in [1.165, 1.54) is 4.31 Å². The lowest BCUT2D eigenvalue weighted by Gasteiger charge is -2.28. The summed E-state index contributed by atoms with van der Waals surface area (Å²) < 4.78 is 68.5. The summed E-state index contributed by atoms with van der Waals surface area (Å²) >= 11 is 5.69. The molecule has 1 aliphatic carbocycles. The van der Waals surface area contributed by atoms with E-state index in [4.69, 9.17) is 11.6 Å². The Morgan fingerprint density at radius 1 is 1.09 bits per heavy atom. The third-order valence-corrected chi connectivity index (χ3v) is 8.76. The monoisotopic (exact) mass is 512 g/mol. The molecule has 0 atom stereocenters. The summed E-state index contributed by atoms with van der Waals surface area (Å²) in [7, 11) is -4.35. The molecule has 0 amide bonds. The van der Waals surface area contributed by atoms with E-state index in [1.54, 1.807) is 6.07 Å². The number of fused-ring (bicyclic) bond motifs is 1. The minimum absolute atomic E-state index is 0.233. The molecule has 2 aromatic carbocycles. The van der Waals surface area contributed by atoms with Crippen LogP contribution in [0.25, 0.3) is 10.9 Å². The summed E-state index contributed by atoms with van der Waals surface area (Å²) in [6, 6.07) is 7.59. The molecule has 1 fully saturated rings. The van der Waals surface area contributed by atoms with Crippen LogP contribution in [0.3, 0.4) is 0 Å². The van der Waals surface area contributed by atoms with Crippen LogP contribution in [0.15, 0.2) is 46.1 Å². The maximum atomic E-state index is 13.6. The minimum atomic E-state index is -4.80. The summed E-state index contributed by atoms with van der Waals surface area (Å²) in [5.41, 5.74) is 1.20. The molecule has 0 unspecified atom stereocenters. The highest BCUT2D eigenvalue weighted by Crippen LogP contribution is 2.37. The molecule has 4 rings (SSSR count). The lowest BCUT2D eigenvalue weighted by molar-refractivity contribution is -0.137. The van der Waals surface area contributed by atoms with Crippen molar-refractivity contribution in [1.29, 1.82) is 0 Å². The lowest BCUT2D eigenvalue weighted by atomic mass is 10.0. The Bertz CT molecular complexity index is 1410. The Labute approximate surface area is 200 Å². The van der Waals surface area contributed by atoms with Gasteiger partial charge in [-0.05, 0) is 67.5 Å². The van der Waals surface area contributed by atoms with Gasteiger partial charge in [0.15, 0.2) is 0 Å². The number of rotatable bonds is 5. The molecule has 1 aromatic heterocycles. The van der Waals surface area contributed by atoms with Gasteiger partial charge in [0.05, 0.1) is 21.0 Å². The van der Waals surface area contributed by atoms with Crippen LogP contribution in [0.2, 0.25) is 5.02 Å². The molecule has 1 N–H and O–H groups in total. The van der Waals surface area contributed by atoms with E-state index in [2.05, 4.69) is 4.98 Å². The molecule has 0 saturated heterocycles. The molecule has 0 aliphatic heterocycles. The van der Waals surface area contributed by atoms with Crippen LogP contribution in [0.5, 0.6) is 0 Å². The topological polar surface area (TPSA) is 70.2 Å². The molecule has 0 radical (unpaired) electrons. The predicted molar refractivity (Wildman–Crippen MR) is 125 cm³/mol. The van der Waals surface area contributed by atoms with Crippen molar-refractivity contribution < 1.29 is 21.6 Å². The standard InChI is InChI=1S/C24H24ClF3N2O3S/c1-14-7-8-16-11-17(23(31)29-22(16)15(14)2)13-30(18-5-3-4-6-18)34(32,33)19-9-10-21(25)20(12-19)24(26,27)28/h7-12,18H,3-6,13H2,1-2H3,(H,29,31). The van der Waals surface area contributed by atoms with E-state index in [1.807, 2.05) is 26.0 Å². The van der Waals surface area contributed by atoms with Gasteiger partial charge in [-0.2, -0.15) is 17.5 Å². The van der Waals surface area contributed by atoms with Crippen LogP contribution in [-0.2, 0) is 22.7 Å². The number of nitrogens with one attached hydrogen (secondary N) is 1. The number of halogens is 4. The fourth-order valence-corrected chi connectivity index (χ4v) is 6.39. The van der Waals surface area contributed by atoms with E-state index < -0.39 is 43.3 Å². The fraction of sp³-hybridized carbons (Fsp3) is 0.375. The van der Waals surface area contributed by atoms with Crippen LogP contribution < -0.4 is 5.56 Å². The summed E-state index contributed by atoms with van der Waals surface area (Å²) in [6.45, 7) is 3.58. The number of alkyl halides is 3. The van der Waals surface area contributed by atoms with E-state index in [9.17, 15) is 26.4 Å². The summed E-state index contributed by atoms with van der Waals surface area (Å²) in [6.07, 6.45) is -2.05. The van der Waals surface area contributed by atoms with Crippen LogP contribution >= 0.6 is 11.6 Å². The number of hydrogen-bond donors (Lipinski definition) is 1. The number of nitrogens with zero attached hydrogens (tertiary/aromatic N) is 1. The number of aromatic nitrogens is 1. The zero-order chi connectivity index (χ0) is 24.8. The van der Waals surface area contributed by atoms with Crippen LogP contribution in [0.4, 0.5) is 13.2 Å². The zero-order valence-electron chi connectivity index (χ0n) is 18.7. The second-order valence-electron chi connectivity index (χ2n) is 8.72. The average Bonchev–Trinajstić information content (AvgIpc) is 3.29. The van der Waals surface area contributed by atoms with Gasteiger partial charge in [0.2, 0.25) is 10.0 Å². The molecule has 34 heavy (non-hydrogen) atoms. The summed E-state index contributed by atoms with van der Waals surface area (Å²) in [4.78, 5) is 15.2. The maximum absolute atomic E-state index is 13.6. The number of sulfonamides is 1. The SMILES string of the molecule is Cc1ccc2cc(CN(C3CCCC3)S(=O)(=O)c3ccc(Cl)c(C(F)(F)F)c3)c(=O)[nH]c2c1C. The van der Waals surface area contributed by atoms with Crippen molar-refractivity contribution >= 4 is 32.5 Å². The molecule has 1 saturated carbocycles. The Balaban J connectivity index is 1.80. The van der Waals surface area contributed by atoms with Crippen molar-refractivity contribution in [3.63, 3.8) is 0 Å². The fourth-order valence-electron chi connectivity index (χ4n) is 4.48. The predicted octanol–water partition coefficient (Wildman–Crippen LogP) is 5.95. The van der Waals surface area contributed by atoms with Crippen LogP contribution in [-0.4, -0.2) is 23.7 Å². The second kappa shape index (κ2) is 9.02. The number of H-pyrrole nitrogens is 1. The van der Waals surface area contributed by atoms with Gasteiger partial charge in [-0.3, -0.25) is 4.79 Å². The van der Waals surface area contributed by atoms with E-state index in [0.29, 0.717) is 24.4 Å². The van der Waals surface area contributed by atoms with Crippen LogP contribution in [0.1, 0.15) is 47.9 Å². The lowest BCUT2D eigenvalue weighted by Crippen LogP contribution is -2.39. The maximum Gasteiger partial charge on any atom is 0.417 e. The van der Waals surface area contributed by atoms with Crippen molar-refractivity contribution in [1.82, 2.24) is 9.29 Å². The molecule has 1 heterocycles. The Morgan fingerprint density at radius 2 is 1.76 bits per heavy atom. The normalized spacial score (nSPS) is 15.5. The third-order valence-electron chi connectivity index (χ3n) is 6.54. The first-order valence-corrected chi connectivity index (χ1v) is 12.7. The number of benzene rings is 2. The van der Waals surface area contributed by atoms with Crippen molar-refractivity contribution in [3.8, 4) is 0 Å². The van der Waals surface area contributed by atoms with Gasteiger partial charge in [-0.25, -0.2) is 8.42 Å². The molecule has 0 spiro atoms. The average molecular weight is 513 g/mol. The summed E-state index contributed by atoms with van der Waals surface area (Å²) in [5.74, 6) is 0. The highest BCUT2D eigenvalue weighted by Gasteiger charge is 2.38. The van der Waals surface area contributed by atoms with Gasteiger partial charge in [0.25, 0.3) is 5.56 Å². The Morgan fingerprint density at radius 3 is 2.41 bits per heavy atom. The van der Waals surface area contributed by atoms with Crippen molar-refractivity contribution in [2.24, 2.45) is 0 Å². The molecule has 1 aliphatic rings. The highest BCUT2D eigenvalue weighted by molar-refractivity contribution is 7.89. The number of hydrogen-bond acceptors (Lipinski definition) is 3. The smallest absolute Gasteiger partial charge is 0.321 e. The van der Waals surface area contributed by atoms with Crippen molar-refractivity contribution in [3.05, 3.63) is 74.0 Å². The van der Waals surface area contributed by atoms with Crippen LogP contribution in [0, 0.1) is 13.8 Å². The molecule has 10 heteroatoms. The second-order valence-corrected chi connectivity index (χ2v) is 11.0. The largest absolute Gasteiger partial charge is 0.417 e. The third kappa shape index (κ3) is 4.61. The molecule has 182 valence electrons. The van der Waals surface area contributed by atoms with E-state index in [0.717, 1.165) is 41.5 Å². The first-order valence-electron chi connectivity index (χ1n) is 10.9. The van der Waals surface area contributed by atoms with Gasteiger partial charge in [0.1, 0.15) is 0 Å². The first kappa shape index (κ1) is 24.8. The highest BCUT2D eigenvalue weighted by atomic mass is 35.5. The van der Waals surface area contributed by atoms with Gasteiger partial charge in [0, 0.05) is 18.2 Å². The van der Waals surface area contributed by atoms with E-state index in [-0.39, 0.29) is 12.1 Å². The van der Waals surface area contributed by atoms with Gasteiger partial charge in [-0.1, -0.05) is 36.6 Å². The molecular weight excluding hydrogens is 489 g/mol. The van der Waals surface area contributed by atoms with Gasteiger partial charge < -0.3 is 4.98 Å². The van der Waals surface area contributed by atoms with Crippen molar-refractivity contribution in [2.45, 2.75) is 63.2 Å². The zero-order valence-corrected chi connectivity index (χ0v) is 20.2. The summed E-state index contributed by atoms with van der Waals surface area (Å²) in [5, 5.41) is 0.183. The number of pyridine rings is 1. The first-order chi connectivity index (χ1) is 15.9.